The molecule has 1 aromatic carbocycles. The normalized spacial score (nSPS) is 18.5. The maximum atomic E-state index is 3.46. The Morgan fingerprint density at radius 1 is 1.11 bits per heavy atom. The van der Waals surface area contributed by atoms with E-state index >= 15 is 0 Å². The zero-order valence-electron chi connectivity index (χ0n) is 12.9. The molecule has 106 valence electrons. The molecule has 1 fully saturated rings. The minimum absolute atomic E-state index is 0.604. The Morgan fingerprint density at radius 2 is 1.68 bits per heavy atom. The first-order valence-electron chi connectivity index (χ1n) is 7.66. The number of nitrogens with zero attached hydrogens (tertiary/aromatic N) is 1. The number of hydrogen-bond donors (Lipinski definition) is 1. The number of rotatable bonds is 4. The van der Waals surface area contributed by atoms with Gasteiger partial charge in [-0.2, -0.15) is 0 Å². The van der Waals surface area contributed by atoms with Gasteiger partial charge in [0, 0.05) is 32.2 Å². The van der Waals surface area contributed by atoms with Crippen molar-refractivity contribution < 1.29 is 0 Å². The Bertz CT molecular complexity index is 396. The molecule has 1 N–H and O–H groups in total. The minimum atomic E-state index is 0.604. The Kier molecular flexibility index (Phi) is 5.00. The molecule has 1 heterocycles. The van der Waals surface area contributed by atoms with Crippen LogP contribution in [-0.2, 0) is 0 Å². The third-order valence-electron chi connectivity index (χ3n) is 4.23. The lowest BCUT2D eigenvalue weighted by Gasteiger charge is -2.36. The van der Waals surface area contributed by atoms with Crippen LogP contribution in [0.15, 0.2) is 12.1 Å². The zero-order valence-corrected chi connectivity index (χ0v) is 12.9. The molecule has 2 heteroatoms. The molecule has 0 aromatic heterocycles. The number of benzene rings is 1. The summed E-state index contributed by atoms with van der Waals surface area (Å²) in [5.74, 6) is 0. The van der Waals surface area contributed by atoms with E-state index in [9.17, 15) is 0 Å². The summed E-state index contributed by atoms with van der Waals surface area (Å²) >= 11 is 0. The summed E-state index contributed by atoms with van der Waals surface area (Å²) < 4.78 is 0. The fourth-order valence-corrected chi connectivity index (χ4v) is 3.49. The van der Waals surface area contributed by atoms with Gasteiger partial charge in [0.05, 0.1) is 0 Å². The lowest BCUT2D eigenvalue weighted by molar-refractivity contribution is 0.163. The van der Waals surface area contributed by atoms with Crippen molar-refractivity contribution >= 4 is 0 Å². The monoisotopic (exact) mass is 260 g/mol. The van der Waals surface area contributed by atoms with Crippen LogP contribution in [-0.4, -0.2) is 31.1 Å². The highest BCUT2D eigenvalue weighted by molar-refractivity contribution is 5.39. The Balaban J connectivity index is 2.32. The molecule has 1 saturated heterocycles. The van der Waals surface area contributed by atoms with Gasteiger partial charge in [0.25, 0.3) is 0 Å². The summed E-state index contributed by atoms with van der Waals surface area (Å²) in [6.07, 6.45) is 2.52. The number of aryl methyl sites for hydroxylation is 3. The molecule has 1 aliphatic rings. The summed E-state index contributed by atoms with van der Waals surface area (Å²) in [5, 5.41) is 3.46. The van der Waals surface area contributed by atoms with E-state index in [4.69, 9.17) is 0 Å². The third-order valence-corrected chi connectivity index (χ3v) is 4.23. The maximum absolute atomic E-state index is 3.46. The van der Waals surface area contributed by atoms with Crippen LogP contribution in [0, 0.1) is 20.8 Å². The van der Waals surface area contributed by atoms with Crippen molar-refractivity contribution in [2.45, 2.75) is 46.6 Å². The van der Waals surface area contributed by atoms with Crippen LogP contribution in [0.1, 0.15) is 48.1 Å². The summed E-state index contributed by atoms with van der Waals surface area (Å²) in [4.78, 5) is 2.67. The zero-order chi connectivity index (χ0) is 13.8. The van der Waals surface area contributed by atoms with Gasteiger partial charge in [-0.05, 0) is 43.9 Å². The quantitative estimate of drug-likeness (QED) is 0.893. The van der Waals surface area contributed by atoms with Gasteiger partial charge >= 0.3 is 0 Å². The minimum Gasteiger partial charge on any atom is -0.314 e. The lowest BCUT2D eigenvalue weighted by Crippen LogP contribution is -2.45. The molecule has 0 aliphatic carbocycles. The fourth-order valence-electron chi connectivity index (χ4n) is 3.49. The first-order valence-corrected chi connectivity index (χ1v) is 7.66. The average molecular weight is 260 g/mol. The molecule has 2 nitrogen and oxygen atoms in total. The topological polar surface area (TPSA) is 15.3 Å². The van der Waals surface area contributed by atoms with E-state index in [1.165, 1.54) is 42.6 Å². The molecule has 1 aliphatic heterocycles. The Labute approximate surface area is 118 Å². The van der Waals surface area contributed by atoms with E-state index in [2.05, 4.69) is 50.0 Å². The highest BCUT2D eigenvalue weighted by atomic mass is 15.2. The standard InChI is InChI=1S/C17H28N2/c1-5-6-16(19-9-7-18-8-10-19)17-14(3)11-13(2)12-15(17)4/h11-12,16,18H,5-10H2,1-4H3/t16-/m0/s1. The van der Waals surface area contributed by atoms with Crippen LogP contribution >= 0.6 is 0 Å². The van der Waals surface area contributed by atoms with Gasteiger partial charge in [0.15, 0.2) is 0 Å². The van der Waals surface area contributed by atoms with Crippen molar-refractivity contribution in [2.75, 3.05) is 26.2 Å². The van der Waals surface area contributed by atoms with Gasteiger partial charge in [0.2, 0.25) is 0 Å². The average Bonchev–Trinajstić information content (AvgIpc) is 2.37. The van der Waals surface area contributed by atoms with E-state index in [1.807, 2.05) is 0 Å². The van der Waals surface area contributed by atoms with Crippen LogP contribution in [0.3, 0.4) is 0 Å². The molecule has 0 saturated carbocycles. The fraction of sp³-hybridized carbons (Fsp3) is 0.647. The van der Waals surface area contributed by atoms with E-state index in [1.54, 1.807) is 5.56 Å². The Hall–Kier alpha value is -0.860. The molecule has 2 rings (SSSR count). The van der Waals surface area contributed by atoms with Gasteiger partial charge in [-0.25, -0.2) is 0 Å². The second kappa shape index (κ2) is 6.53. The molecule has 1 aromatic rings. The highest BCUT2D eigenvalue weighted by Crippen LogP contribution is 2.31. The van der Waals surface area contributed by atoms with Crippen molar-refractivity contribution in [2.24, 2.45) is 0 Å². The van der Waals surface area contributed by atoms with Crippen LogP contribution < -0.4 is 5.32 Å². The molecular weight excluding hydrogens is 232 g/mol. The molecule has 19 heavy (non-hydrogen) atoms. The van der Waals surface area contributed by atoms with E-state index in [0.29, 0.717) is 6.04 Å². The van der Waals surface area contributed by atoms with Crippen LogP contribution in [0.2, 0.25) is 0 Å². The van der Waals surface area contributed by atoms with Crippen molar-refractivity contribution in [1.29, 1.82) is 0 Å². The molecule has 0 spiro atoms. The van der Waals surface area contributed by atoms with Gasteiger partial charge in [-0.3, -0.25) is 4.90 Å². The number of hydrogen-bond acceptors (Lipinski definition) is 2. The molecule has 1 atom stereocenters. The molecule has 0 radical (unpaired) electrons. The van der Waals surface area contributed by atoms with Crippen LogP contribution in [0.5, 0.6) is 0 Å². The first-order chi connectivity index (χ1) is 9.13. The number of nitrogens with one attached hydrogen (secondary N) is 1. The van der Waals surface area contributed by atoms with Gasteiger partial charge in [-0.15, -0.1) is 0 Å². The van der Waals surface area contributed by atoms with Crippen molar-refractivity contribution in [1.82, 2.24) is 10.2 Å². The molecule has 0 unspecified atom stereocenters. The van der Waals surface area contributed by atoms with Crippen molar-refractivity contribution in [3.05, 3.63) is 34.4 Å². The SMILES string of the molecule is CCC[C@@H](c1c(C)cc(C)cc1C)N1CCNCC1. The van der Waals surface area contributed by atoms with E-state index in [0.717, 1.165) is 13.1 Å². The predicted octanol–water partition coefficient (Wildman–Crippen LogP) is 3.36. The van der Waals surface area contributed by atoms with Crippen molar-refractivity contribution in [3.8, 4) is 0 Å². The summed E-state index contributed by atoms with van der Waals surface area (Å²) in [5.41, 5.74) is 5.90. The van der Waals surface area contributed by atoms with Crippen molar-refractivity contribution in [3.63, 3.8) is 0 Å². The lowest BCUT2D eigenvalue weighted by atomic mass is 9.90. The van der Waals surface area contributed by atoms with Gasteiger partial charge in [0.1, 0.15) is 0 Å². The van der Waals surface area contributed by atoms with Gasteiger partial charge in [-0.1, -0.05) is 31.0 Å². The first kappa shape index (κ1) is 14.5. The summed E-state index contributed by atoms with van der Waals surface area (Å²) in [6, 6.07) is 5.29. The van der Waals surface area contributed by atoms with E-state index < -0.39 is 0 Å². The molecule has 0 bridgehead atoms. The maximum Gasteiger partial charge on any atom is 0.0354 e. The smallest absolute Gasteiger partial charge is 0.0354 e. The number of piperazine rings is 1. The van der Waals surface area contributed by atoms with Crippen LogP contribution in [0.4, 0.5) is 0 Å². The second-order valence-electron chi connectivity index (χ2n) is 5.90. The second-order valence-corrected chi connectivity index (χ2v) is 5.90. The Morgan fingerprint density at radius 3 is 2.21 bits per heavy atom. The van der Waals surface area contributed by atoms with Gasteiger partial charge < -0.3 is 5.32 Å². The third kappa shape index (κ3) is 3.37. The molecular formula is C17H28N2. The summed E-state index contributed by atoms with van der Waals surface area (Å²) in [6.45, 7) is 13.7. The molecule has 0 amide bonds. The van der Waals surface area contributed by atoms with Crippen LogP contribution in [0.25, 0.3) is 0 Å². The summed E-state index contributed by atoms with van der Waals surface area (Å²) in [7, 11) is 0. The largest absolute Gasteiger partial charge is 0.314 e. The predicted molar refractivity (Wildman–Crippen MR) is 82.7 cm³/mol. The van der Waals surface area contributed by atoms with E-state index in [-0.39, 0.29) is 0 Å². The highest BCUT2D eigenvalue weighted by Gasteiger charge is 2.24.